The number of hydrogen-bond donors (Lipinski definition) is 9. The summed E-state index contributed by atoms with van der Waals surface area (Å²) >= 11 is 0. The number of nitrogens with zero attached hydrogens (tertiary/aromatic N) is 1. The van der Waals surface area contributed by atoms with Crippen molar-refractivity contribution in [2.45, 2.75) is 115 Å². The van der Waals surface area contributed by atoms with E-state index in [-0.39, 0.29) is 38.0 Å². The molecule has 318 valence electrons. The van der Waals surface area contributed by atoms with E-state index in [1.807, 2.05) is 30.3 Å². The lowest BCUT2D eigenvalue weighted by atomic mass is 9.99. The van der Waals surface area contributed by atoms with Crippen LogP contribution in [0.25, 0.3) is 0 Å². The van der Waals surface area contributed by atoms with Crippen molar-refractivity contribution in [3.05, 3.63) is 65.7 Å². The van der Waals surface area contributed by atoms with E-state index in [1.54, 1.807) is 26.0 Å². The van der Waals surface area contributed by atoms with E-state index >= 15 is 0 Å². The molecule has 2 aromatic rings. The van der Waals surface area contributed by atoms with E-state index in [0.29, 0.717) is 38.6 Å². The molecule has 10 N–H and O–H groups in total. The van der Waals surface area contributed by atoms with Gasteiger partial charge in [0.1, 0.15) is 42.0 Å². The van der Waals surface area contributed by atoms with E-state index in [4.69, 9.17) is 5.73 Å². The first-order chi connectivity index (χ1) is 27.6. The molecule has 1 fully saturated rings. The molecule has 6 atom stereocenters. The Kier molecular flexibility index (Phi) is 18.9. The van der Waals surface area contributed by atoms with Gasteiger partial charge in [0.25, 0.3) is 0 Å². The largest absolute Gasteiger partial charge is 0.508 e. The first-order valence-corrected chi connectivity index (χ1v) is 19.9. The van der Waals surface area contributed by atoms with Gasteiger partial charge in [-0.15, -0.1) is 0 Å². The summed E-state index contributed by atoms with van der Waals surface area (Å²) in [6.45, 7) is 5.45. The molecule has 1 heterocycles. The molecule has 3 rings (SSSR count). The molecular weight excluding hydrogens is 748 g/mol. The minimum absolute atomic E-state index is 0.0591. The third kappa shape index (κ3) is 15.0. The fourth-order valence-electron chi connectivity index (χ4n) is 6.43. The molecule has 0 saturated carbocycles. The zero-order valence-corrected chi connectivity index (χ0v) is 33.8. The van der Waals surface area contributed by atoms with E-state index in [1.165, 1.54) is 31.0 Å². The van der Waals surface area contributed by atoms with Crippen LogP contribution in [-0.4, -0.2) is 113 Å². The van der Waals surface area contributed by atoms with Crippen LogP contribution in [0.4, 0.5) is 4.79 Å². The number of benzene rings is 2. The summed E-state index contributed by atoms with van der Waals surface area (Å²) in [5, 5.41) is 35.6. The molecule has 0 bridgehead atoms. The zero-order chi connectivity index (χ0) is 42.8. The standard InChI is InChI=1S/C41H60N8O9/c1-25(2)34-38(54)44-31(21-18-27-16-19-29(50)20-17-27)39(55)49(4)26(3)35(51)45-33(24-28-12-6-5-7-13-28)36(52)43-23-11-9-14-30(37(53)48-34)46-41(58)47-32(40(56)57)15-8-10-22-42/h5-7,12-13,16-17,19-20,25-26,30-34,50H,8-11,14-15,18,21-24,42H2,1-4H3,(H,43,52)(H,44,54)(H,45,51)(H,48,53)(H,56,57)(H2,46,47,58)/t26-,30+,31-,32+,33-,34-/m0/s1. The van der Waals surface area contributed by atoms with Crippen molar-refractivity contribution >= 4 is 41.5 Å². The SMILES string of the molecule is CC(C)[C@@H]1NC(=O)[C@H](NC(=O)N[C@H](CCCCN)C(=O)O)CCCCNC(=O)[C@H](Cc2ccccc2)NC(=O)[C@H](C)N(C)C(=O)[C@H](CCc2ccc(O)cc2)NC1=O. The smallest absolute Gasteiger partial charge is 0.326 e. The highest BCUT2D eigenvalue weighted by molar-refractivity contribution is 5.96. The van der Waals surface area contributed by atoms with Gasteiger partial charge in [0, 0.05) is 20.0 Å². The normalized spacial score (nSPS) is 22.3. The first-order valence-electron chi connectivity index (χ1n) is 19.9. The van der Waals surface area contributed by atoms with Crippen LogP contribution in [0.5, 0.6) is 5.75 Å². The van der Waals surface area contributed by atoms with Crippen molar-refractivity contribution in [1.82, 2.24) is 36.8 Å². The van der Waals surface area contributed by atoms with Crippen LogP contribution < -0.4 is 37.6 Å². The van der Waals surface area contributed by atoms with Gasteiger partial charge in [0.05, 0.1) is 0 Å². The van der Waals surface area contributed by atoms with Crippen LogP contribution >= 0.6 is 0 Å². The van der Waals surface area contributed by atoms with E-state index in [2.05, 4.69) is 31.9 Å². The van der Waals surface area contributed by atoms with Crippen LogP contribution in [-0.2, 0) is 41.6 Å². The Morgan fingerprint density at radius 2 is 1.53 bits per heavy atom. The summed E-state index contributed by atoms with van der Waals surface area (Å²) < 4.78 is 0. The number of phenolic OH excluding ortho intramolecular Hbond substituents is 1. The van der Waals surface area contributed by atoms with Gasteiger partial charge in [-0.25, -0.2) is 9.59 Å². The molecule has 0 spiro atoms. The quantitative estimate of drug-likeness (QED) is 0.130. The van der Waals surface area contributed by atoms with Crippen LogP contribution in [0.3, 0.4) is 0 Å². The Morgan fingerprint density at radius 1 is 0.862 bits per heavy atom. The van der Waals surface area contributed by atoms with Gasteiger partial charge < -0.3 is 52.7 Å². The molecule has 58 heavy (non-hydrogen) atoms. The van der Waals surface area contributed by atoms with Gasteiger partial charge in [-0.05, 0) is 94.0 Å². The Morgan fingerprint density at radius 3 is 2.17 bits per heavy atom. The number of unbranched alkanes of at least 4 members (excludes halogenated alkanes) is 1. The van der Waals surface area contributed by atoms with Gasteiger partial charge in [-0.3, -0.25) is 24.0 Å². The van der Waals surface area contributed by atoms with Crippen molar-refractivity contribution in [3.63, 3.8) is 0 Å². The summed E-state index contributed by atoms with van der Waals surface area (Å²) in [5.74, 6) is -4.71. The number of carboxylic acid groups (broad SMARTS) is 1. The molecule has 17 nitrogen and oxygen atoms in total. The number of aryl methyl sites for hydroxylation is 1. The van der Waals surface area contributed by atoms with Gasteiger partial charge in [0.15, 0.2) is 0 Å². The number of nitrogens with two attached hydrogens (primary N) is 1. The summed E-state index contributed by atoms with van der Waals surface area (Å²) in [7, 11) is 1.43. The number of hydrogen-bond acceptors (Lipinski definition) is 9. The average molecular weight is 809 g/mol. The molecule has 2 aromatic carbocycles. The Bertz CT molecular complexity index is 1690. The highest BCUT2D eigenvalue weighted by Gasteiger charge is 2.35. The Labute approximate surface area is 339 Å². The number of carbonyl (C=O) groups excluding carboxylic acids is 6. The van der Waals surface area contributed by atoms with Crippen LogP contribution in [0.1, 0.15) is 76.8 Å². The number of urea groups is 1. The van der Waals surface area contributed by atoms with E-state index in [0.717, 1.165) is 11.1 Å². The van der Waals surface area contributed by atoms with Crippen molar-refractivity contribution in [1.29, 1.82) is 0 Å². The van der Waals surface area contributed by atoms with Gasteiger partial charge >= 0.3 is 12.0 Å². The molecule has 1 aliphatic heterocycles. The lowest BCUT2D eigenvalue weighted by Crippen LogP contribution is -2.60. The number of carboxylic acids is 1. The number of aliphatic carboxylic acids is 1. The second-order valence-corrected chi connectivity index (χ2v) is 15.0. The fourth-order valence-corrected chi connectivity index (χ4v) is 6.43. The summed E-state index contributed by atoms with van der Waals surface area (Å²) in [4.78, 5) is 95.5. The number of likely N-dealkylation sites (N-methyl/N-ethyl adjacent to an activating group) is 1. The molecule has 17 heteroatoms. The maximum Gasteiger partial charge on any atom is 0.326 e. The second-order valence-electron chi connectivity index (χ2n) is 15.0. The topological polar surface area (TPSA) is 261 Å². The molecule has 0 aromatic heterocycles. The van der Waals surface area contributed by atoms with Crippen LogP contribution in [0, 0.1) is 5.92 Å². The number of rotatable bonds is 13. The van der Waals surface area contributed by atoms with Crippen LogP contribution in [0.2, 0.25) is 0 Å². The van der Waals surface area contributed by atoms with E-state index < -0.39 is 83.7 Å². The van der Waals surface area contributed by atoms with Gasteiger partial charge in [-0.2, -0.15) is 0 Å². The third-order valence-corrected chi connectivity index (χ3v) is 10.1. The van der Waals surface area contributed by atoms with Crippen molar-refractivity contribution in [2.75, 3.05) is 20.1 Å². The molecule has 0 unspecified atom stereocenters. The summed E-state index contributed by atoms with van der Waals surface area (Å²) in [5.41, 5.74) is 7.09. The number of nitrogens with one attached hydrogen (secondary N) is 6. The van der Waals surface area contributed by atoms with Gasteiger partial charge in [0.2, 0.25) is 29.5 Å². The van der Waals surface area contributed by atoms with Crippen LogP contribution in [0.15, 0.2) is 54.6 Å². The summed E-state index contributed by atoms with van der Waals surface area (Å²) in [6, 6.07) is 7.73. The number of amides is 7. The fraction of sp³-hybridized carbons (Fsp3) is 0.537. The van der Waals surface area contributed by atoms with Crippen molar-refractivity contribution < 1.29 is 43.8 Å². The Hall–Kier alpha value is -5.71. The van der Waals surface area contributed by atoms with Crippen molar-refractivity contribution in [2.24, 2.45) is 11.7 Å². The lowest BCUT2D eigenvalue weighted by molar-refractivity contribution is -0.142. The lowest BCUT2D eigenvalue weighted by Gasteiger charge is -2.31. The maximum absolute atomic E-state index is 14.2. The molecule has 0 aliphatic carbocycles. The number of aromatic hydroxyl groups is 1. The number of phenols is 1. The highest BCUT2D eigenvalue weighted by Crippen LogP contribution is 2.15. The van der Waals surface area contributed by atoms with Gasteiger partial charge in [-0.1, -0.05) is 56.3 Å². The average Bonchev–Trinajstić information content (AvgIpc) is 3.19. The zero-order valence-electron chi connectivity index (χ0n) is 33.8. The minimum atomic E-state index is -1.25. The number of carbonyl (C=O) groups is 7. The molecular formula is C41H60N8O9. The molecule has 7 amide bonds. The molecule has 0 radical (unpaired) electrons. The second kappa shape index (κ2) is 23.5. The predicted molar refractivity (Wildman–Crippen MR) is 216 cm³/mol. The monoisotopic (exact) mass is 808 g/mol. The van der Waals surface area contributed by atoms with E-state index in [9.17, 15) is 43.8 Å². The predicted octanol–water partition coefficient (Wildman–Crippen LogP) is 1.07. The van der Waals surface area contributed by atoms with Crippen molar-refractivity contribution in [3.8, 4) is 5.75 Å². The molecule has 1 saturated heterocycles. The first kappa shape index (κ1) is 46.7. The maximum atomic E-state index is 14.2. The third-order valence-electron chi connectivity index (χ3n) is 10.1. The molecule has 1 aliphatic rings. The highest BCUT2D eigenvalue weighted by atomic mass is 16.4. The Balaban J connectivity index is 1.96. The minimum Gasteiger partial charge on any atom is -0.508 e. The summed E-state index contributed by atoms with van der Waals surface area (Å²) in [6.07, 6.45) is 2.44.